The number of hydrogen-bond acceptors (Lipinski definition) is 4. The molecule has 0 aliphatic carbocycles. The minimum Gasteiger partial charge on any atom is -0.493 e. The van der Waals surface area contributed by atoms with Crippen LogP contribution in [0.25, 0.3) is 0 Å². The molecular formula is C19H23NO4. The first-order chi connectivity index (χ1) is 11.5. The van der Waals surface area contributed by atoms with Gasteiger partial charge in [0.1, 0.15) is 0 Å². The maximum Gasteiger partial charge on any atom is 0.262 e. The van der Waals surface area contributed by atoms with E-state index in [1.807, 2.05) is 51.1 Å². The molecule has 128 valence electrons. The summed E-state index contributed by atoms with van der Waals surface area (Å²) in [4.78, 5) is 12.2. The molecule has 0 aliphatic heterocycles. The Kier molecular flexibility index (Phi) is 5.68. The van der Waals surface area contributed by atoms with E-state index in [-0.39, 0.29) is 12.5 Å². The Hall–Kier alpha value is -2.69. The van der Waals surface area contributed by atoms with Gasteiger partial charge in [-0.15, -0.1) is 0 Å². The van der Waals surface area contributed by atoms with Crippen molar-refractivity contribution in [1.82, 2.24) is 0 Å². The van der Waals surface area contributed by atoms with E-state index < -0.39 is 0 Å². The molecule has 1 N–H and O–H groups in total. The van der Waals surface area contributed by atoms with Crippen LogP contribution in [0.1, 0.15) is 16.7 Å². The fourth-order valence-corrected chi connectivity index (χ4v) is 2.48. The van der Waals surface area contributed by atoms with E-state index in [0.29, 0.717) is 17.2 Å². The predicted octanol–water partition coefficient (Wildman–Crippen LogP) is 3.65. The fraction of sp³-hybridized carbons (Fsp3) is 0.316. The Bertz CT molecular complexity index is 695. The summed E-state index contributed by atoms with van der Waals surface area (Å²) < 4.78 is 16.3. The molecule has 5 heteroatoms. The Morgan fingerprint density at radius 2 is 1.54 bits per heavy atom. The highest BCUT2D eigenvalue weighted by Gasteiger charge is 2.15. The topological polar surface area (TPSA) is 56.8 Å². The van der Waals surface area contributed by atoms with E-state index in [9.17, 15) is 4.79 Å². The third-order valence-electron chi connectivity index (χ3n) is 3.70. The van der Waals surface area contributed by atoms with Gasteiger partial charge in [0.15, 0.2) is 18.1 Å². The smallest absolute Gasteiger partial charge is 0.262 e. The van der Waals surface area contributed by atoms with Crippen molar-refractivity contribution >= 4 is 11.6 Å². The summed E-state index contributed by atoms with van der Waals surface area (Å²) in [6.45, 7) is 5.71. The minimum absolute atomic E-state index is 0.135. The van der Waals surface area contributed by atoms with Crippen molar-refractivity contribution < 1.29 is 19.0 Å². The molecule has 0 saturated heterocycles. The van der Waals surface area contributed by atoms with Crippen molar-refractivity contribution in [2.24, 2.45) is 0 Å². The van der Waals surface area contributed by atoms with E-state index in [1.54, 1.807) is 14.2 Å². The van der Waals surface area contributed by atoms with Crippen LogP contribution in [0.4, 0.5) is 5.69 Å². The van der Waals surface area contributed by atoms with Crippen molar-refractivity contribution in [3.8, 4) is 17.2 Å². The summed E-state index contributed by atoms with van der Waals surface area (Å²) in [5.74, 6) is 1.25. The molecule has 2 rings (SSSR count). The third-order valence-corrected chi connectivity index (χ3v) is 3.70. The average Bonchev–Trinajstić information content (AvgIpc) is 2.56. The number of rotatable bonds is 6. The van der Waals surface area contributed by atoms with Gasteiger partial charge in [-0.05, 0) is 49.6 Å². The van der Waals surface area contributed by atoms with Crippen LogP contribution in [-0.2, 0) is 4.79 Å². The zero-order valence-corrected chi connectivity index (χ0v) is 14.7. The van der Waals surface area contributed by atoms with Crippen molar-refractivity contribution in [3.05, 3.63) is 47.0 Å². The maximum atomic E-state index is 12.2. The van der Waals surface area contributed by atoms with E-state index >= 15 is 0 Å². The van der Waals surface area contributed by atoms with Crippen molar-refractivity contribution in [3.63, 3.8) is 0 Å². The SMILES string of the molecule is COc1cc(C)cc(OC)c1OCC(=O)Nc1c(C)cccc1C. The lowest BCUT2D eigenvalue weighted by Crippen LogP contribution is -2.21. The summed E-state index contributed by atoms with van der Waals surface area (Å²) in [5.41, 5.74) is 3.81. The van der Waals surface area contributed by atoms with Crippen LogP contribution < -0.4 is 19.5 Å². The van der Waals surface area contributed by atoms with Crippen molar-refractivity contribution in [2.45, 2.75) is 20.8 Å². The molecule has 0 radical (unpaired) electrons. The second-order valence-corrected chi connectivity index (χ2v) is 5.60. The van der Waals surface area contributed by atoms with E-state index in [2.05, 4.69) is 5.32 Å². The van der Waals surface area contributed by atoms with Crippen LogP contribution in [0.2, 0.25) is 0 Å². The highest BCUT2D eigenvalue weighted by atomic mass is 16.5. The molecule has 2 aromatic rings. The normalized spacial score (nSPS) is 10.2. The fourth-order valence-electron chi connectivity index (χ4n) is 2.48. The summed E-state index contributed by atoms with van der Waals surface area (Å²) in [5, 5.41) is 2.89. The lowest BCUT2D eigenvalue weighted by molar-refractivity contribution is -0.118. The highest BCUT2D eigenvalue weighted by Crippen LogP contribution is 2.38. The predicted molar refractivity (Wildman–Crippen MR) is 94.3 cm³/mol. The number of amides is 1. The summed E-state index contributed by atoms with van der Waals surface area (Å²) in [6, 6.07) is 9.53. The number of anilines is 1. The van der Waals surface area contributed by atoms with Gasteiger partial charge in [-0.3, -0.25) is 4.79 Å². The van der Waals surface area contributed by atoms with Gasteiger partial charge in [0.25, 0.3) is 5.91 Å². The monoisotopic (exact) mass is 329 g/mol. The summed E-state index contributed by atoms with van der Waals surface area (Å²) in [6.07, 6.45) is 0. The Morgan fingerprint density at radius 3 is 2.04 bits per heavy atom. The number of ether oxygens (including phenoxy) is 3. The molecule has 0 unspecified atom stereocenters. The van der Waals surface area contributed by atoms with Crippen LogP contribution in [-0.4, -0.2) is 26.7 Å². The Morgan fingerprint density at radius 1 is 1.00 bits per heavy atom. The number of para-hydroxylation sites is 1. The Balaban J connectivity index is 2.12. The van der Waals surface area contributed by atoms with Crippen LogP contribution >= 0.6 is 0 Å². The second-order valence-electron chi connectivity index (χ2n) is 5.60. The number of aryl methyl sites for hydroxylation is 3. The molecule has 0 aliphatic rings. The summed E-state index contributed by atoms with van der Waals surface area (Å²) >= 11 is 0. The van der Waals surface area contributed by atoms with Gasteiger partial charge in [0, 0.05) is 5.69 Å². The van der Waals surface area contributed by atoms with Gasteiger partial charge in [-0.1, -0.05) is 18.2 Å². The first kappa shape index (κ1) is 17.7. The molecular weight excluding hydrogens is 306 g/mol. The van der Waals surface area contributed by atoms with Gasteiger partial charge < -0.3 is 19.5 Å². The Labute approximate surface area is 142 Å². The van der Waals surface area contributed by atoms with Gasteiger partial charge in [-0.25, -0.2) is 0 Å². The molecule has 24 heavy (non-hydrogen) atoms. The average molecular weight is 329 g/mol. The van der Waals surface area contributed by atoms with Gasteiger partial charge >= 0.3 is 0 Å². The van der Waals surface area contributed by atoms with Crippen LogP contribution in [0.5, 0.6) is 17.2 Å². The van der Waals surface area contributed by atoms with E-state index in [1.165, 1.54) is 0 Å². The number of carbonyl (C=O) groups is 1. The standard InChI is InChI=1S/C19H23NO4/c1-12-9-15(22-4)19(16(10-12)23-5)24-11-17(21)20-18-13(2)7-6-8-14(18)3/h6-10H,11H2,1-5H3,(H,20,21). The lowest BCUT2D eigenvalue weighted by atomic mass is 10.1. The van der Waals surface area contributed by atoms with Crippen LogP contribution in [0, 0.1) is 20.8 Å². The molecule has 0 heterocycles. The van der Waals surface area contributed by atoms with Gasteiger partial charge in [0.05, 0.1) is 14.2 Å². The molecule has 5 nitrogen and oxygen atoms in total. The number of benzene rings is 2. The molecule has 0 fully saturated rings. The maximum absolute atomic E-state index is 12.2. The lowest BCUT2D eigenvalue weighted by Gasteiger charge is -2.16. The molecule has 2 aromatic carbocycles. The number of methoxy groups -OCH3 is 2. The quantitative estimate of drug-likeness (QED) is 0.879. The third kappa shape index (κ3) is 3.98. The van der Waals surface area contributed by atoms with E-state index in [4.69, 9.17) is 14.2 Å². The number of carbonyl (C=O) groups excluding carboxylic acids is 1. The molecule has 1 amide bonds. The molecule has 0 aromatic heterocycles. The first-order valence-corrected chi connectivity index (χ1v) is 7.67. The zero-order chi connectivity index (χ0) is 17.7. The first-order valence-electron chi connectivity index (χ1n) is 7.67. The second kappa shape index (κ2) is 7.73. The number of nitrogens with one attached hydrogen (secondary N) is 1. The zero-order valence-electron chi connectivity index (χ0n) is 14.7. The highest BCUT2D eigenvalue weighted by molar-refractivity contribution is 5.93. The van der Waals surface area contributed by atoms with E-state index in [0.717, 1.165) is 22.4 Å². The number of hydrogen-bond donors (Lipinski definition) is 1. The molecule has 0 atom stereocenters. The van der Waals surface area contributed by atoms with Crippen molar-refractivity contribution in [1.29, 1.82) is 0 Å². The van der Waals surface area contributed by atoms with Gasteiger partial charge in [0.2, 0.25) is 5.75 Å². The summed E-state index contributed by atoms with van der Waals surface area (Å²) in [7, 11) is 3.11. The largest absolute Gasteiger partial charge is 0.493 e. The van der Waals surface area contributed by atoms with Crippen LogP contribution in [0.3, 0.4) is 0 Å². The molecule has 0 spiro atoms. The van der Waals surface area contributed by atoms with Crippen LogP contribution in [0.15, 0.2) is 30.3 Å². The molecule has 0 saturated carbocycles. The van der Waals surface area contributed by atoms with Crippen molar-refractivity contribution in [2.75, 3.05) is 26.1 Å². The van der Waals surface area contributed by atoms with Gasteiger partial charge in [-0.2, -0.15) is 0 Å². The molecule has 0 bridgehead atoms. The minimum atomic E-state index is -0.239.